The van der Waals surface area contributed by atoms with Crippen LogP contribution in [0.25, 0.3) is 0 Å². The van der Waals surface area contributed by atoms with Crippen molar-refractivity contribution in [3.05, 3.63) is 122 Å². The third-order valence-corrected chi connectivity index (χ3v) is 10.7. The van der Waals surface area contributed by atoms with E-state index in [2.05, 4.69) is 135 Å². The minimum Gasteiger partial charge on any atom is -0.756 e. The molecule has 0 heterocycles. The van der Waals surface area contributed by atoms with Crippen molar-refractivity contribution in [2.45, 2.75) is 168 Å². The number of rotatable bonds is 43. The zero-order valence-electron chi connectivity index (χ0n) is 41.4. The van der Waals surface area contributed by atoms with E-state index in [1.54, 1.807) is 0 Å². The minimum atomic E-state index is -4.65. The number of unbranched alkanes of at least 4 members (excludes halogenated alkanes) is 9. The SMILES string of the molecule is CC/C=C\C/C=C\C/C=C\C/C=C\C/C=C\C/C=C\C/C=C\C/C=C\C/C=C\CCCCCC(=O)OC(COC(=O)CCCCCCC/C=C\CCC)COP(=O)([O-])OCC[N+](C)(C)C. The zero-order chi connectivity index (χ0) is 47.8. The van der Waals surface area contributed by atoms with Crippen molar-refractivity contribution in [1.82, 2.24) is 0 Å². The van der Waals surface area contributed by atoms with Gasteiger partial charge in [0.1, 0.15) is 19.8 Å². The highest BCUT2D eigenvalue weighted by Gasteiger charge is 2.21. The number of carbonyl (C=O) groups excluding carboxylic acids is 2. The number of carbonyl (C=O) groups is 2. The summed E-state index contributed by atoms with van der Waals surface area (Å²) < 4.78 is 33.8. The first-order valence-electron chi connectivity index (χ1n) is 24.7. The summed E-state index contributed by atoms with van der Waals surface area (Å²) >= 11 is 0. The van der Waals surface area contributed by atoms with Crippen LogP contribution in [0.4, 0.5) is 0 Å². The predicted molar refractivity (Wildman–Crippen MR) is 272 cm³/mol. The summed E-state index contributed by atoms with van der Waals surface area (Å²) in [4.78, 5) is 37.5. The number of hydrogen-bond donors (Lipinski definition) is 0. The van der Waals surface area contributed by atoms with Crippen molar-refractivity contribution in [2.75, 3.05) is 47.5 Å². The van der Waals surface area contributed by atoms with Gasteiger partial charge in [-0.25, -0.2) is 0 Å². The van der Waals surface area contributed by atoms with Crippen LogP contribution in [0.5, 0.6) is 0 Å². The summed E-state index contributed by atoms with van der Waals surface area (Å²) in [5.74, 6) is -0.899. The van der Waals surface area contributed by atoms with Gasteiger partial charge in [0.05, 0.1) is 27.7 Å². The van der Waals surface area contributed by atoms with Gasteiger partial charge in [-0.1, -0.05) is 167 Å². The number of esters is 2. The Morgan fingerprint density at radius 3 is 1.34 bits per heavy atom. The van der Waals surface area contributed by atoms with Crippen LogP contribution < -0.4 is 4.89 Å². The number of quaternary nitrogens is 1. The van der Waals surface area contributed by atoms with Crippen LogP contribution in [0.1, 0.15) is 162 Å². The molecule has 0 aliphatic carbocycles. The average Bonchev–Trinajstić information content (AvgIpc) is 3.26. The molecule has 2 unspecified atom stereocenters. The lowest BCUT2D eigenvalue weighted by Gasteiger charge is -2.28. The highest BCUT2D eigenvalue weighted by atomic mass is 31.2. The first kappa shape index (κ1) is 61.4. The van der Waals surface area contributed by atoms with Gasteiger partial charge in [-0.2, -0.15) is 0 Å². The fourth-order valence-electron chi connectivity index (χ4n) is 5.88. The molecule has 0 aromatic rings. The lowest BCUT2D eigenvalue weighted by Crippen LogP contribution is -2.37. The van der Waals surface area contributed by atoms with E-state index in [4.69, 9.17) is 18.5 Å². The van der Waals surface area contributed by atoms with Crippen LogP contribution in [0.2, 0.25) is 0 Å². The van der Waals surface area contributed by atoms with Crippen molar-refractivity contribution in [2.24, 2.45) is 0 Å². The van der Waals surface area contributed by atoms with E-state index in [9.17, 15) is 19.0 Å². The molecule has 0 aromatic carbocycles. The first-order chi connectivity index (χ1) is 31.5. The lowest BCUT2D eigenvalue weighted by molar-refractivity contribution is -0.870. The van der Waals surface area contributed by atoms with E-state index >= 15 is 0 Å². The molecule has 368 valence electrons. The maximum absolute atomic E-state index is 12.7. The van der Waals surface area contributed by atoms with E-state index in [1.165, 1.54) is 6.42 Å². The molecule has 0 aliphatic heterocycles. The molecule has 0 rings (SSSR count). The van der Waals surface area contributed by atoms with Crippen LogP contribution in [-0.2, 0) is 32.7 Å². The lowest BCUT2D eigenvalue weighted by atomic mass is 10.1. The number of ether oxygens (including phenoxy) is 2. The highest BCUT2D eigenvalue weighted by Crippen LogP contribution is 2.38. The Labute approximate surface area is 397 Å². The van der Waals surface area contributed by atoms with E-state index in [1.807, 2.05) is 21.1 Å². The highest BCUT2D eigenvalue weighted by molar-refractivity contribution is 7.45. The number of phosphoric ester groups is 1. The van der Waals surface area contributed by atoms with Gasteiger partial charge in [-0.15, -0.1) is 0 Å². The van der Waals surface area contributed by atoms with Gasteiger partial charge in [0, 0.05) is 12.8 Å². The molecule has 0 N–H and O–H groups in total. The van der Waals surface area contributed by atoms with Gasteiger partial charge in [-0.05, 0) is 103 Å². The van der Waals surface area contributed by atoms with Crippen LogP contribution in [0.15, 0.2) is 122 Å². The second kappa shape index (κ2) is 45.6. The molecular formula is C55H90NO8P. The summed E-state index contributed by atoms with van der Waals surface area (Å²) in [7, 11) is 1.11. The van der Waals surface area contributed by atoms with Crippen LogP contribution in [0.3, 0.4) is 0 Å². The second-order valence-corrected chi connectivity index (χ2v) is 18.5. The normalized spacial score (nSPS) is 14.5. The van der Waals surface area contributed by atoms with E-state index in [0.717, 1.165) is 116 Å². The van der Waals surface area contributed by atoms with Gasteiger partial charge in [0.2, 0.25) is 0 Å². The van der Waals surface area contributed by atoms with Crippen LogP contribution in [0, 0.1) is 0 Å². The molecule has 0 spiro atoms. The molecule has 0 fully saturated rings. The Morgan fingerprint density at radius 1 is 0.492 bits per heavy atom. The van der Waals surface area contributed by atoms with E-state index < -0.39 is 32.5 Å². The molecule has 0 aromatic heterocycles. The molecule has 9 nitrogen and oxygen atoms in total. The summed E-state index contributed by atoms with van der Waals surface area (Å²) in [6.07, 6.45) is 63.9. The quantitative estimate of drug-likeness (QED) is 0.0195. The second-order valence-electron chi connectivity index (χ2n) is 17.1. The topological polar surface area (TPSA) is 111 Å². The Morgan fingerprint density at radius 2 is 0.877 bits per heavy atom. The molecule has 0 radical (unpaired) electrons. The maximum Gasteiger partial charge on any atom is 0.306 e. The van der Waals surface area contributed by atoms with E-state index in [-0.39, 0.29) is 26.1 Å². The van der Waals surface area contributed by atoms with Gasteiger partial charge in [0.15, 0.2) is 6.10 Å². The maximum atomic E-state index is 12.7. The van der Waals surface area contributed by atoms with Crippen LogP contribution in [-0.4, -0.2) is 70.0 Å². The fourth-order valence-corrected chi connectivity index (χ4v) is 6.61. The van der Waals surface area contributed by atoms with Gasteiger partial charge in [0.25, 0.3) is 7.82 Å². The Kier molecular flexibility index (Phi) is 43.0. The number of allylic oxidation sites excluding steroid dienone is 20. The third-order valence-electron chi connectivity index (χ3n) is 9.70. The molecule has 0 aliphatic rings. The number of phosphoric acid groups is 1. The van der Waals surface area contributed by atoms with Gasteiger partial charge < -0.3 is 27.9 Å². The fraction of sp³-hybridized carbons (Fsp3) is 0.600. The summed E-state index contributed by atoms with van der Waals surface area (Å²) in [6, 6.07) is 0. The molecule has 10 heteroatoms. The van der Waals surface area contributed by atoms with Crippen LogP contribution >= 0.6 is 7.82 Å². The Hall–Kier alpha value is -3.59. The predicted octanol–water partition coefficient (Wildman–Crippen LogP) is 14.2. The van der Waals surface area contributed by atoms with Crippen molar-refractivity contribution in [1.29, 1.82) is 0 Å². The summed E-state index contributed by atoms with van der Waals surface area (Å²) in [5, 5.41) is 0. The van der Waals surface area contributed by atoms with E-state index in [0.29, 0.717) is 23.9 Å². The molecule has 0 bridgehead atoms. The number of hydrogen-bond acceptors (Lipinski definition) is 8. The summed E-state index contributed by atoms with van der Waals surface area (Å²) in [6.45, 7) is 3.96. The smallest absolute Gasteiger partial charge is 0.306 e. The molecule has 0 saturated carbocycles. The van der Waals surface area contributed by atoms with Crippen molar-refractivity contribution >= 4 is 19.8 Å². The molecule has 2 atom stereocenters. The summed E-state index contributed by atoms with van der Waals surface area (Å²) in [5.41, 5.74) is 0. The average molecular weight is 924 g/mol. The van der Waals surface area contributed by atoms with Crippen molar-refractivity contribution in [3.8, 4) is 0 Å². The number of likely N-dealkylation sites (N-methyl/N-ethyl adjacent to an activating group) is 1. The first-order valence-corrected chi connectivity index (χ1v) is 26.2. The molecule has 0 saturated heterocycles. The van der Waals surface area contributed by atoms with Gasteiger partial charge >= 0.3 is 11.9 Å². The molecule has 65 heavy (non-hydrogen) atoms. The Bertz CT molecular complexity index is 1510. The van der Waals surface area contributed by atoms with Crippen molar-refractivity contribution in [3.63, 3.8) is 0 Å². The molecular weight excluding hydrogens is 834 g/mol. The number of nitrogens with zero attached hydrogens (tertiary/aromatic N) is 1. The largest absolute Gasteiger partial charge is 0.756 e. The minimum absolute atomic E-state index is 0.0460. The standard InChI is InChI=1S/C55H90NO8P/c1-6-8-10-12-14-16-18-19-20-21-22-23-24-25-26-27-28-29-30-31-32-33-34-35-36-37-38-40-42-44-46-48-55(58)64-53(52-63-65(59,60)62-50-49-56(3,4)5)51-61-54(57)47-45-43-41-39-17-15-13-11-9-7-2/h8,10-11,13-14,16,19-20,22-23,25-26,28-29,31-32,34-35,37-38,53H,6-7,9,12,15,17-18,21,24,27,30,33,36,39-52H2,1-5H3/b10-8-,13-11-,16-14-,20-19-,23-22-,26-25-,29-28-,32-31-,35-34-,38-37-. The molecule has 0 amide bonds. The monoisotopic (exact) mass is 924 g/mol. The third kappa shape index (κ3) is 49.7. The Balaban J connectivity index is 4.30. The van der Waals surface area contributed by atoms with Crippen molar-refractivity contribution < 1.29 is 42.1 Å². The zero-order valence-corrected chi connectivity index (χ0v) is 42.3. The van der Waals surface area contributed by atoms with Gasteiger partial charge in [-0.3, -0.25) is 14.2 Å².